The molecule has 2 heterocycles. The van der Waals surface area contributed by atoms with Crippen LogP contribution < -0.4 is 0 Å². The Kier molecular flexibility index (Phi) is 4.31. The van der Waals surface area contributed by atoms with E-state index in [1.54, 1.807) is 4.31 Å². The van der Waals surface area contributed by atoms with Crippen LogP contribution in [0.3, 0.4) is 0 Å². The first kappa shape index (κ1) is 16.0. The Labute approximate surface area is 131 Å². The number of nitrogens with zero attached hydrogens (tertiary/aromatic N) is 1. The van der Waals surface area contributed by atoms with Gasteiger partial charge in [-0.05, 0) is 38.0 Å². The van der Waals surface area contributed by atoms with Gasteiger partial charge in [-0.2, -0.15) is 4.31 Å². The molecule has 124 valence electrons. The third-order valence-electron chi connectivity index (χ3n) is 5.11. The van der Waals surface area contributed by atoms with Gasteiger partial charge in [0, 0.05) is 31.7 Å². The topological polar surface area (TPSA) is 83.9 Å². The average molecular weight is 329 g/mol. The second-order valence-electron chi connectivity index (χ2n) is 6.69. The van der Waals surface area contributed by atoms with Crippen LogP contribution in [0.4, 0.5) is 0 Å². The molecule has 0 amide bonds. The Morgan fingerprint density at radius 1 is 1.41 bits per heavy atom. The Morgan fingerprint density at radius 2 is 2.09 bits per heavy atom. The molecule has 1 N–H and O–H groups in total. The highest BCUT2D eigenvalue weighted by atomic mass is 32.2. The summed E-state index contributed by atoms with van der Waals surface area (Å²) in [7, 11) is -3.38. The van der Waals surface area contributed by atoms with E-state index in [0.717, 1.165) is 18.4 Å². The van der Waals surface area contributed by atoms with Gasteiger partial charge in [-0.3, -0.25) is 4.79 Å². The number of aliphatic carboxylic acids is 1. The van der Waals surface area contributed by atoms with E-state index in [0.29, 0.717) is 39.0 Å². The van der Waals surface area contributed by atoms with Crippen LogP contribution in [-0.4, -0.2) is 54.8 Å². The molecule has 0 radical (unpaired) electrons. The van der Waals surface area contributed by atoms with Crippen molar-refractivity contribution >= 4 is 16.0 Å². The summed E-state index contributed by atoms with van der Waals surface area (Å²) < 4.78 is 32.7. The fourth-order valence-corrected chi connectivity index (χ4v) is 6.09. The normalized spacial score (nSPS) is 28.4. The van der Waals surface area contributed by atoms with E-state index in [-0.39, 0.29) is 18.1 Å². The predicted molar refractivity (Wildman–Crippen MR) is 81.0 cm³/mol. The van der Waals surface area contributed by atoms with Crippen LogP contribution in [-0.2, 0) is 19.6 Å². The lowest BCUT2D eigenvalue weighted by Gasteiger charge is -2.40. The van der Waals surface area contributed by atoms with Crippen LogP contribution in [0.5, 0.6) is 0 Å². The van der Waals surface area contributed by atoms with Gasteiger partial charge in [-0.15, -0.1) is 0 Å². The van der Waals surface area contributed by atoms with Crippen molar-refractivity contribution in [3.8, 4) is 0 Å². The molecule has 3 rings (SSSR count). The summed E-state index contributed by atoms with van der Waals surface area (Å²) >= 11 is 0. The second kappa shape index (κ2) is 5.94. The van der Waals surface area contributed by atoms with Crippen molar-refractivity contribution in [1.82, 2.24) is 4.31 Å². The molecule has 1 aliphatic carbocycles. The smallest absolute Gasteiger partial charge is 0.303 e. The molecule has 3 aliphatic rings. The third-order valence-corrected chi connectivity index (χ3v) is 7.05. The van der Waals surface area contributed by atoms with Crippen LogP contribution >= 0.6 is 0 Å². The van der Waals surface area contributed by atoms with Gasteiger partial charge in [-0.1, -0.05) is 11.6 Å². The summed E-state index contributed by atoms with van der Waals surface area (Å²) in [4.78, 5) is 11.0. The van der Waals surface area contributed by atoms with Crippen molar-refractivity contribution in [2.24, 2.45) is 5.92 Å². The highest BCUT2D eigenvalue weighted by Crippen LogP contribution is 2.44. The van der Waals surface area contributed by atoms with Gasteiger partial charge in [0.05, 0.1) is 5.75 Å². The minimum atomic E-state index is -3.38. The van der Waals surface area contributed by atoms with Crippen molar-refractivity contribution in [2.75, 3.05) is 25.5 Å². The van der Waals surface area contributed by atoms with Crippen molar-refractivity contribution in [3.63, 3.8) is 0 Å². The fraction of sp³-hybridized carbons (Fsp3) is 0.800. The van der Waals surface area contributed by atoms with E-state index in [9.17, 15) is 13.2 Å². The summed E-state index contributed by atoms with van der Waals surface area (Å²) in [6.07, 6.45) is 5.83. The maximum atomic E-state index is 12.8. The van der Waals surface area contributed by atoms with Gasteiger partial charge in [0.15, 0.2) is 0 Å². The number of rotatable bonds is 5. The molecular weight excluding hydrogens is 306 g/mol. The summed E-state index contributed by atoms with van der Waals surface area (Å²) in [6, 6.07) is 0. The van der Waals surface area contributed by atoms with Crippen LogP contribution in [0.1, 0.15) is 38.5 Å². The minimum absolute atomic E-state index is 0.0390. The molecule has 6 nitrogen and oxygen atoms in total. The third kappa shape index (κ3) is 3.07. The predicted octanol–water partition coefficient (Wildman–Crippen LogP) is 1.38. The first-order chi connectivity index (χ1) is 10.4. The number of carboxylic acid groups (broad SMARTS) is 1. The van der Waals surface area contributed by atoms with E-state index in [1.807, 2.05) is 6.08 Å². The molecule has 1 atom stereocenters. The maximum absolute atomic E-state index is 12.8. The molecule has 0 aromatic carbocycles. The highest BCUT2D eigenvalue weighted by Gasteiger charge is 2.51. The van der Waals surface area contributed by atoms with Crippen molar-refractivity contribution in [1.29, 1.82) is 0 Å². The van der Waals surface area contributed by atoms with Gasteiger partial charge in [0.2, 0.25) is 10.0 Å². The fourth-order valence-electron chi connectivity index (χ4n) is 3.92. The molecule has 2 aliphatic heterocycles. The number of sulfonamides is 1. The number of hydrogen-bond donors (Lipinski definition) is 1. The van der Waals surface area contributed by atoms with Gasteiger partial charge in [-0.25, -0.2) is 8.42 Å². The number of carbonyl (C=O) groups is 1. The largest absolute Gasteiger partial charge is 0.481 e. The summed E-state index contributed by atoms with van der Waals surface area (Å²) in [5.41, 5.74) is 0.561. The first-order valence-electron chi connectivity index (χ1n) is 7.89. The standard InChI is InChI=1S/C15H23NO5S/c17-14(18)8-13-9-15(4-6-21-7-5-15)16(10-13)22(19,20)11-12-2-1-3-12/h2,13H,1,3-11H2,(H,17,18). The summed E-state index contributed by atoms with van der Waals surface area (Å²) in [5.74, 6) is -0.857. The van der Waals surface area contributed by atoms with Crippen LogP contribution in [0, 0.1) is 5.92 Å². The Bertz CT molecular complexity index is 577. The van der Waals surface area contributed by atoms with E-state index >= 15 is 0 Å². The van der Waals surface area contributed by atoms with Gasteiger partial charge < -0.3 is 9.84 Å². The number of ether oxygens (including phenoxy) is 1. The SMILES string of the molecule is O=C(O)CC1CN(S(=O)(=O)CC2=CCC2)C2(CCOCC2)C1. The van der Waals surface area contributed by atoms with Crippen molar-refractivity contribution in [2.45, 2.75) is 44.1 Å². The Morgan fingerprint density at radius 3 is 2.64 bits per heavy atom. The molecule has 1 unspecified atom stereocenters. The summed E-state index contributed by atoms with van der Waals surface area (Å²) in [6.45, 7) is 1.44. The van der Waals surface area contributed by atoms with Gasteiger partial charge >= 0.3 is 5.97 Å². The molecule has 2 fully saturated rings. The molecule has 1 spiro atoms. The lowest BCUT2D eigenvalue weighted by Crippen LogP contribution is -2.51. The molecule has 0 bridgehead atoms. The van der Waals surface area contributed by atoms with Gasteiger partial charge in [0.25, 0.3) is 0 Å². The molecular formula is C15H23NO5S. The molecule has 2 saturated heterocycles. The zero-order chi connectivity index (χ0) is 15.8. The quantitative estimate of drug-likeness (QED) is 0.771. The average Bonchev–Trinajstić information content (AvgIpc) is 2.73. The number of allylic oxidation sites excluding steroid dienone is 1. The Balaban J connectivity index is 1.83. The monoisotopic (exact) mass is 329 g/mol. The van der Waals surface area contributed by atoms with Crippen LogP contribution in [0.2, 0.25) is 0 Å². The van der Waals surface area contributed by atoms with Crippen molar-refractivity contribution < 1.29 is 23.1 Å². The maximum Gasteiger partial charge on any atom is 0.303 e. The molecule has 0 aromatic rings. The van der Waals surface area contributed by atoms with Crippen LogP contribution in [0.15, 0.2) is 11.6 Å². The Hall–Kier alpha value is -0.920. The van der Waals surface area contributed by atoms with E-state index < -0.39 is 21.5 Å². The second-order valence-corrected chi connectivity index (χ2v) is 8.59. The molecule has 0 aromatic heterocycles. The number of hydrogen-bond acceptors (Lipinski definition) is 4. The molecule has 22 heavy (non-hydrogen) atoms. The van der Waals surface area contributed by atoms with Gasteiger partial charge in [0.1, 0.15) is 0 Å². The first-order valence-corrected chi connectivity index (χ1v) is 9.50. The zero-order valence-electron chi connectivity index (χ0n) is 12.7. The molecule has 7 heteroatoms. The zero-order valence-corrected chi connectivity index (χ0v) is 13.5. The lowest BCUT2D eigenvalue weighted by molar-refractivity contribution is -0.138. The number of carboxylic acids is 1. The van der Waals surface area contributed by atoms with E-state index in [4.69, 9.17) is 9.84 Å². The molecule has 0 saturated carbocycles. The van der Waals surface area contributed by atoms with E-state index in [1.165, 1.54) is 0 Å². The lowest BCUT2D eigenvalue weighted by atomic mass is 9.85. The van der Waals surface area contributed by atoms with Crippen LogP contribution in [0.25, 0.3) is 0 Å². The van der Waals surface area contributed by atoms with Crippen molar-refractivity contribution in [3.05, 3.63) is 11.6 Å². The minimum Gasteiger partial charge on any atom is -0.481 e. The van der Waals surface area contributed by atoms with E-state index in [2.05, 4.69) is 0 Å². The summed E-state index contributed by atoms with van der Waals surface area (Å²) in [5, 5.41) is 9.04. The highest BCUT2D eigenvalue weighted by molar-refractivity contribution is 7.89.